The van der Waals surface area contributed by atoms with Crippen molar-refractivity contribution in [3.8, 4) is 0 Å². The minimum absolute atomic E-state index is 0.0423. The zero-order valence-corrected chi connectivity index (χ0v) is 68.4. The molecule has 0 aromatic heterocycles. The summed E-state index contributed by atoms with van der Waals surface area (Å²) in [6.45, 7) is 12.5. The summed E-state index contributed by atoms with van der Waals surface area (Å²) in [6, 6.07) is 36.1. The zero-order chi connectivity index (χ0) is 80.2. The van der Waals surface area contributed by atoms with Crippen LogP contribution in [0, 0.1) is 23.7 Å². The van der Waals surface area contributed by atoms with Crippen molar-refractivity contribution in [2.75, 3.05) is 26.4 Å². The van der Waals surface area contributed by atoms with Crippen LogP contribution < -0.4 is 11.5 Å². The van der Waals surface area contributed by atoms with E-state index >= 15 is 4.57 Å². The van der Waals surface area contributed by atoms with E-state index in [-0.39, 0.29) is 102 Å². The lowest BCUT2D eigenvalue weighted by Crippen LogP contribution is -2.48. The summed E-state index contributed by atoms with van der Waals surface area (Å²) in [5, 5.41) is 23.9. The van der Waals surface area contributed by atoms with Crippen LogP contribution in [0.5, 0.6) is 0 Å². The lowest BCUT2D eigenvalue weighted by Gasteiger charge is -2.41. The summed E-state index contributed by atoms with van der Waals surface area (Å²) in [7, 11) is -20.6. The third kappa shape index (κ3) is 16.7. The Morgan fingerprint density at radius 3 is 1.24 bits per heavy atom. The van der Waals surface area contributed by atoms with Gasteiger partial charge in [-0.25, -0.2) is 38.2 Å². The highest BCUT2D eigenvalue weighted by Crippen LogP contribution is 2.59. The van der Waals surface area contributed by atoms with E-state index in [1.807, 2.05) is 38.1 Å². The number of aliphatic imine (C=N–C) groups is 6. The Morgan fingerprint density at radius 1 is 0.469 bits per heavy atom. The van der Waals surface area contributed by atoms with E-state index in [0.717, 1.165) is 70.4 Å². The van der Waals surface area contributed by atoms with Gasteiger partial charge in [0.05, 0.1) is 67.1 Å². The lowest BCUT2D eigenvalue weighted by atomic mass is 9.78. The van der Waals surface area contributed by atoms with E-state index in [1.54, 1.807) is 57.7 Å². The van der Waals surface area contributed by atoms with Crippen LogP contribution in [0.1, 0.15) is 144 Å². The van der Waals surface area contributed by atoms with Crippen LogP contribution in [-0.4, -0.2) is 174 Å². The van der Waals surface area contributed by atoms with E-state index < -0.39 is 146 Å². The van der Waals surface area contributed by atoms with Crippen LogP contribution in [0.15, 0.2) is 139 Å². The Labute approximate surface area is 657 Å². The van der Waals surface area contributed by atoms with E-state index in [2.05, 4.69) is 115 Å². The monoisotopic (exact) mass is 1630 g/mol. The summed E-state index contributed by atoms with van der Waals surface area (Å²) in [5.41, 5.74) is 8.62. The molecule has 33 heteroatoms. The Kier molecular flexibility index (Phi) is 24.2. The number of hydrogen-bond acceptors (Lipinski definition) is 24. The fourth-order valence-corrected chi connectivity index (χ4v) is 23.4. The first-order valence-corrected chi connectivity index (χ1v) is 45.4. The zero-order valence-electron chi connectivity index (χ0n) is 64.9. The maximum Gasteiger partial charge on any atom is 0.472 e. The number of phosphoric ester groups is 4. The molecule has 8 aromatic rings. The van der Waals surface area contributed by atoms with Gasteiger partial charge in [0.2, 0.25) is 0 Å². The van der Waals surface area contributed by atoms with Crippen molar-refractivity contribution >= 4 is 133 Å². The molecular weight excluding hydrogens is 1530 g/mol. The molecule has 2 saturated heterocycles. The van der Waals surface area contributed by atoms with Crippen molar-refractivity contribution in [1.82, 2.24) is 9.80 Å². The highest BCUT2D eigenvalue weighted by atomic mass is 31.2. The summed E-state index contributed by atoms with van der Waals surface area (Å²) >= 11 is 0. The smallest absolute Gasteiger partial charge is 0.396 e. The predicted octanol–water partition coefficient (Wildman–Crippen LogP) is 14.4. The van der Waals surface area contributed by atoms with Gasteiger partial charge in [0.25, 0.3) is 0 Å². The van der Waals surface area contributed by atoms with Gasteiger partial charge in [0.15, 0.2) is 12.3 Å². The van der Waals surface area contributed by atoms with Gasteiger partial charge in [0, 0.05) is 31.3 Å². The van der Waals surface area contributed by atoms with Crippen LogP contribution in [0.25, 0.3) is 64.6 Å². The lowest BCUT2D eigenvalue weighted by molar-refractivity contribution is -0.0916. The summed E-state index contributed by atoms with van der Waals surface area (Å²) in [4.78, 5) is 87.5. The minimum atomic E-state index is -5.24. The Balaban J connectivity index is 0.725. The second-order valence-corrected chi connectivity index (χ2v) is 36.4. The maximum atomic E-state index is 15.4. The van der Waals surface area contributed by atoms with Crippen molar-refractivity contribution in [3.05, 3.63) is 120 Å². The Bertz CT molecular complexity index is 5130. The number of rotatable bonds is 38. The number of nitrogens with zero attached hydrogens (tertiary/aromatic N) is 8. The molecular formula is C80H104N10O19P4. The van der Waals surface area contributed by atoms with Gasteiger partial charge < -0.3 is 60.3 Å². The van der Waals surface area contributed by atoms with Crippen molar-refractivity contribution in [1.29, 1.82) is 0 Å². The minimum Gasteiger partial charge on any atom is -0.396 e. The highest BCUT2D eigenvalue weighted by molar-refractivity contribution is 7.48. The fraction of sp³-hybridized carbons (Fsp3) is 0.525. The van der Waals surface area contributed by atoms with E-state index in [4.69, 9.17) is 52.6 Å². The number of phosphoric acid groups is 4. The van der Waals surface area contributed by atoms with Crippen LogP contribution in [-0.2, 0) is 72.2 Å². The van der Waals surface area contributed by atoms with Crippen molar-refractivity contribution in [3.63, 3.8) is 0 Å². The van der Waals surface area contributed by atoms with Crippen LogP contribution in [0.3, 0.4) is 0 Å². The molecule has 0 bridgehead atoms. The average Bonchev–Trinajstić information content (AvgIpc) is 1.74. The number of nitrogens with two attached hydrogens (primary N) is 2. The number of aliphatic hydroxyl groups is 1. The molecule has 15 atom stereocenters. The average molecular weight is 1630 g/mol. The molecule has 608 valence electrons. The number of fused-ring (bicyclic) bond motifs is 2. The number of hydrogen-bond donors (Lipinski definition) is 8. The molecule has 29 nitrogen and oxygen atoms in total. The van der Waals surface area contributed by atoms with Gasteiger partial charge in [-0.2, -0.15) is 0 Å². The fourth-order valence-electron chi connectivity index (χ4n) is 18.8. The predicted molar refractivity (Wildman–Crippen MR) is 438 cm³/mol. The van der Waals surface area contributed by atoms with Crippen LogP contribution in [0.4, 0.5) is 0 Å². The topological polar surface area (TPSA) is 405 Å². The summed E-state index contributed by atoms with van der Waals surface area (Å²) < 4.78 is 115. The normalized spacial score (nSPS) is 25.2. The first kappa shape index (κ1) is 82.9. The molecule has 14 rings (SSSR count). The van der Waals surface area contributed by atoms with Gasteiger partial charge in [-0.15, -0.1) is 0 Å². The maximum absolute atomic E-state index is 15.4. The second-order valence-electron chi connectivity index (χ2n) is 31.1. The molecule has 113 heavy (non-hydrogen) atoms. The molecule has 8 aromatic carbocycles. The van der Waals surface area contributed by atoms with E-state index in [0.29, 0.717) is 6.42 Å². The number of aliphatic hydroxyl groups excluding tert-OH is 1. The molecule has 6 aliphatic rings. The largest absolute Gasteiger partial charge is 0.472 e. The quantitative estimate of drug-likeness (QED) is 0.0132. The van der Waals surface area contributed by atoms with Crippen LogP contribution >= 0.6 is 31.3 Å². The van der Waals surface area contributed by atoms with Gasteiger partial charge in [0.1, 0.15) is 48.9 Å². The molecule has 0 saturated carbocycles. The number of ether oxygens (including phenoxy) is 2. The first-order chi connectivity index (χ1) is 54.0. The molecule has 10 N–H and O–H groups in total. The SMILES string of the molecule is CCC(CC)(CC(CO)Cc1ccc2ccc3cccc4ccc1c2c34)OP(=O)(O)OCC1OC(N2C=NC3C(N)=NC=NC32)CC1C(CC)(CC)OP(=O)(O)OCC(Cc1ccc2ccc3cccc4ccc1c2c34)CC(CC)(CC)OP(=O)(O)OCC1OC(N2C=NC3C(N)=NC=NC32)CC1C(CC)(CC)OP(=O)(O)O. The molecule has 6 aliphatic heterocycles. The van der Waals surface area contributed by atoms with Crippen molar-refractivity contribution in [2.45, 2.75) is 217 Å². The van der Waals surface area contributed by atoms with Gasteiger partial charge in [-0.05, 0) is 165 Å². The third-order valence-corrected chi connectivity index (χ3v) is 29.0. The first-order valence-electron chi connectivity index (χ1n) is 39.3. The molecule has 15 unspecified atom stereocenters. The number of amidine groups is 2. The molecule has 2 fully saturated rings. The van der Waals surface area contributed by atoms with Crippen molar-refractivity contribution < 1.29 is 89.0 Å². The summed E-state index contributed by atoms with van der Waals surface area (Å²) in [5.74, 6) is -2.41. The molecule has 0 aliphatic carbocycles. The van der Waals surface area contributed by atoms with Gasteiger partial charge in [-0.1, -0.05) is 165 Å². The van der Waals surface area contributed by atoms with E-state index in [1.165, 1.54) is 24.4 Å². The van der Waals surface area contributed by atoms with Crippen LogP contribution in [0.2, 0.25) is 0 Å². The highest BCUT2D eigenvalue weighted by Gasteiger charge is 2.57. The summed E-state index contributed by atoms with van der Waals surface area (Å²) in [6.07, 6.45) is 2.75. The Hall–Kier alpha value is -6.62. The van der Waals surface area contributed by atoms with Gasteiger partial charge in [-0.3, -0.25) is 41.7 Å². The number of benzene rings is 8. The Morgan fingerprint density at radius 2 is 0.841 bits per heavy atom. The third-order valence-electron chi connectivity index (χ3n) is 25.1. The molecule has 6 heterocycles. The molecule has 0 radical (unpaired) electrons. The standard InChI is InChI=1S/C80H104N10O19P4/c1-9-77(10-2,39-49(41-91)35-57-29-27-55-25-23-51-19-17-21-53-31-33-59(57)69(55)67(51)53)106-111(95,96)103-44-64-62(38-66(105-64)90-48-88-72-74(82)84-46-86-76(72)90)80(15-7,16-8)109-113(99,100)101-42-50(36-58-30-28-56-26-24-52-20-18-22-54-32-34-60(58)70(56)68(52)54)40-78(11-3,12-4)107-112(97,98)102-43-63-61(79(13-5,14-6)108-110(92,93)94)37-65(104-63)89-47-87-71-73(81)83-45-85-75(71)89/h17-34,45-50,61-66,71-72,75-76,91H,9-16,35-44H2,1-8H3,(H,95,96)(H,97,98)(H,99,100)(H2,81,83,85)(H2,82,84,86)(H2,92,93,94). The second kappa shape index (κ2) is 33.1. The molecule has 0 spiro atoms. The van der Waals surface area contributed by atoms with Gasteiger partial charge >= 0.3 is 31.3 Å². The van der Waals surface area contributed by atoms with E-state index in [9.17, 15) is 43.3 Å². The molecule has 0 amide bonds. The van der Waals surface area contributed by atoms with Crippen molar-refractivity contribution in [2.24, 2.45) is 65.1 Å².